The van der Waals surface area contributed by atoms with Crippen molar-refractivity contribution in [1.82, 2.24) is 9.62 Å². The van der Waals surface area contributed by atoms with E-state index in [1.54, 1.807) is 20.8 Å². The monoisotopic (exact) mass is 442 g/mol. The highest BCUT2D eigenvalue weighted by Gasteiger charge is 2.25. The van der Waals surface area contributed by atoms with Crippen molar-refractivity contribution in [2.24, 2.45) is 0 Å². The zero-order chi connectivity index (χ0) is 21.9. The SMILES string of the molecule is COC(=O)c1cc(CNC(=O)c2cc(S(=O)(=O)N(C)C(C)C)ccc2Cl)oc1C. The Hall–Kier alpha value is -2.36. The standard InChI is InChI=1S/C19H23ClN2O6S/c1-11(2)22(4)29(25,26)14-6-7-17(20)16(9-14)18(23)21-10-13-8-15(12(3)28-13)19(24)27-5/h6-9,11H,10H2,1-5H3,(H,21,23). The number of furan rings is 1. The number of hydrogen-bond acceptors (Lipinski definition) is 6. The van der Waals surface area contributed by atoms with Gasteiger partial charge in [0.05, 0.1) is 29.1 Å². The number of rotatable bonds is 7. The van der Waals surface area contributed by atoms with Crippen molar-refractivity contribution >= 4 is 33.5 Å². The molecule has 1 amide bonds. The molecule has 0 aliphatic heterocycles. The van der Waals surface area contributed by atoms with Gasteiger partial charge < -0.3 is 14.5 Å². The second kappa shape index (κ2) is 8.98. The third kappa shape index (κ3) is 4.98. The number of carbonyl (C=O) groups is 2. The Morgan fingerprint density at radius 1 is 1.24 bits per heavy atom. The van der Waals surface area contributed by atoms with Crippen LogP contribution < -0.4 is 5.32 Å². The highest BCUT2D eigenvalue weighted by molar-refractivity contribution is 7.89. The molecule has 1 aromatic carbocycles. The molecule has 2 aromatic rings. The maximum absolute atomic E-state index is 12.7. The van der Waals surface area contributed by atoms with E-state index in [0.717, 1.165) is 0 Å². The first-order valence-corrected chi connectivity index (χ1v) is 10.5. The van der Waals surface area contributed by atoms with Gasteiger partial charge in [-0.25, -0.2) is 13.2 Å². The predicted molar refractivity (Wildman–Crippen MR) is 107 cm³/mol. The fraction of sp³-hybridized carbons (Fsp3) is 0.368. The predicted octanol–water partition coefficient (Wildman–Crippen LogP) is 2.99. The smallest absolute Gasteiger partial charge is 0.341 e. The lowest BCUT2D eigenvalue weighted by Gasteiger charge is -2.21. The Morgan fingerprint density at radius 3 is 2.48 bits per heavy atom. The van der Waals surface area contributed by atoms with Crippen molar-refractivity contribution in [3.63, 3.8) is 0 Å². The third-order valence-corrected chi connectivity index (χ3v) is 6.74. The summed E-state index contributed by atoms with van der Waals surface area (Å²) < 4.78 is 36.6. The fourth-order valence-corrected chi connectivity index (χ4v) is 4.09. The largest absolute Gasteiger partial charge is 0.465 e. The van der Waals surface area contributed by atoms with E-state index in [9.17, 15) is 18.0 Å². The zero-order valence-electron chi connectivity index (χ0n) is 16.8. The Morgan fingerprint density at radius 2 is 1.90 bits per heavy atom. The molecular weight excluding hydrogens is 420 g/mol. The number of sulfonamides is 1. The van der Waals surface area contributed by atoms with Gasteiger partial charge in [0, 0.05) is 13.1 Å². The molecule has 0 atom stereocenters. The number of benzene rings is 1. The number of nitrogens with zero attached hydrogens (tertiary/aromatic N) is 1. The number of nitrogens with one attached hydrogen (secondary N) is 1. The number of ether oxygens (including phenoxy) is 1. The van der Waals surface area contributed by atoms with E-state index in [1.807, 2.05) is 0 Å². The molecule has 158 valence electrons. The van der Waals surface area contributed by atoms with Crippen LogP contribution in [0.2, 0.25) is 5.02 Å². The summed E-state index contributed by atoms with van der Waals surface area (Å²) in [5.41, 5.74) is 0.279. The molecule has 10 heteroatoms. The lowest BCUT2D eigenvalue weighted by Crippen LogP contribution is -2.33. The summed E-state index contributed by atoms with van der Waals surface area (Å²) in [6, 6.07) is 5.18. The molecule has 0 fully saturated rings. The van der Waals surface area contributed by atoms with Crippen LogP contribution in [0.15, 0.2) is 33.6 Å². The Bertz CT molecular complexity index is 1030. The average Bonchev–Trinajstić information content (AvgIpc) is 3.05. The highest BCUT2D eigenvalue weighted by Crippen LogP contribution is 2.24. The molecule has 0 saturated heterocycles. The molecular formula is C19H23ClN2O6S. The summed E-state index contributed by atoms with van der Waals surface area (Å²) in [4.78, 5) is 24.2. The Labute approximate surface area is 174 Å². The maximum atomic E-state index is 12.7. The van der Waals surface area contributed by atoms with Gasteiger partial charge in [-0.3, -0.25) is 4.79 Å². The van der Waals surface area contributed by atoms with Gasteiger partial charge in [0.15, 0.2) is 0 Å². The van der Waals surface area contributed by atoms with Gasteiger partial charge in [0.1, 0.15) is 17.1 Å². The van der Waals surface area contributed by atoms with E-state index in [4.69, 9.17) is 16.0 Å². The van der Waals surface area contributed by atoms with Crippen molar-refractivity contribution in [2.75, 3.05) is 14.2 Å². The average molecular weight is 443 g/mol. The van der Waals surface area contributed by atoms with Crippen LogP contribution in [0.1, 0.15) is 46.1 Å². The molecule has 29 heavy (non-hydrogen) atoms. The van der Waals surface area contributed by atoms with E-state index < -0.39 is 21.9 Å². The van der Waals surface area contributed by atoms with Crippen molar-refractivity contribution in [1.29, 1.82) is 0 Å². The third-order valence-electron chi connectivity index (χ3n) is 4.38. The minimum absolute atomic E-state index is 0.0152. The van der Waals surface area contributed by atoms with Gasteiger partial charge in [-0.1, -0.05) is 11.6 Å². The topological polar surface area (TPSA) is 106 Å². The molecule has 1 aromatic heterocycles. The lowest BCUT2D eigenvalue weighted by molar-refractivity contribution is 0.0598. The Balaban J connectivity index is 2.23. The lowest BCUT2D eigenvalue weighted by atomic mass is 10.2. The molecule has 8 nitrogen and oxygen atoms in total. The number of carbonyl (C=O) groups excluding carboxylic acids is 2. The second-order valence-corrected chi connectivity index (χ2v) is 9.02. The van der Waals surface area contributed by atoms with E-state index in [-0.39, 0.29) is 33.6 Å². The van der Waals surface area contributed by atoms with Gasteiger partial charge >= 0.3 is 5.97 Å². The second-order valence-electron chi connectivity index (χ2n) is 6.61. The summed E-state index contributed by atoms with van der Waals surface area (Å²) in [5, 5.41) is 2.72. The number of esters is 1. The van der Waals surface area contributed by atoms with Crippen LogP contribution in [0.5, 0.6) is 0 Å². The van der Waals surface area contributed by atoms with E-state index in [2.05, 4.69) is 10.1 Å². The summed E-state index contributed by atoms with van der Waals surface area (Å²) in [6.07, 6.45) is 0. The van der Waals surface area contributed by atoms with E-state index >= 15 is 0 Å². The van der Waals surface area contributed by atoms with Gasteiger partial charge in [0.2, 0.25) is 10.0 Å². The van der Waals surface area contributed by atoms with E-state index in [1.165, 1.54) is 42.7 Å². The zero-order valence-corrected chi connectivity index (χ0v) is 18.3. The normalized spacial score (nSPS) is 11.7. The van der Waals surface area contributed by atoms with Gasteiger partial charge in [0.25, 0.3) is 5.91 Å². The number of methoxy groups -OCH3 is 1. The maximum Gasteiger partial charge on any atom is 0.341 e. The number of aryl methyl sites for hydroxylation is 1. The fourth-order valence-electron chi connectivity index (χ4n) is 2.49. The van der Waals surface area contributed by atoms with Crippen LogP contribution in [0.25, 0.3) is 0 Å². The van der Waals surface area contributed by atoms with Crippen LogP contribution in [0.3, 0.4) is 0 Å². The summed E-state index contributed by atoms with van der Waals surface area (Å²) >= 11 is 6.10. The van der Waals surface area contributed by atoms with Crippen molar-refractivity contribution in [3.05, 3.63) is 51.9 Å². The molecule has 1 heterocycles. The quantitative estimate of drug-likeness (QED) is 0.660. The first-order chi connectivity index (χ1) is 13.5. The van der Waals surface area contributed by atoms with Crippen molar-refractivity contribution in [2.45, 2.75) is 38.3 Å². The minimum atomic E-state index is -3.77. The number of amides is 1. The summed E-state index contributed by atoms with van der Waals surface area (Å²) in [7, 11) is -1.04. The van der Waals surface area contributed by atoms with Crippen molar-refractivity contribution in [3.8, 4) is 0 Å². The van der Waals surface area contributed by atoms with Gasteiger partial charge in [-0.05, 0) is 45.0 Å². The molecule has 0 unspecified atom stereocenters. The molecule has 2 rings (SSSR count). The van der Waals surface area contributed by atoms with Crippen LogP contribution in [-0.4, -0.2) is 44.8 Å². The summed E-state index contributed by atoms with van der Waals surface area (Å²) in [5.74, 6) is -0.411. The Kier molecular flexibility index (Phi) is 7.10. The minimum Gasteiger partial charge on any atom is -0.465 e. The van der Waals surface area contributed by atoms with Crippen LogP contribution in [-0.2, 0) is 21.3 Å². The first-order valence-electron chi connectivity index (χ1n) is 8.72. The molecule has 0 radical (unpaired) electrons. The van der Waals surface area contributed by atoms with E-state index in [0.29, 0.717) is 11.5 Å². The van der Waals surface area contributed by atoms with Gasteiger partial charge in [-0.15, -0.1) is 0 Å². The van der Waals surface area contributed by atoms with Crippen molar-refractivity contribution < 1.29 is 27.2 Å². The molecule has 0 aliphatic rings. The van der Waals surface area contributed by atoms with Gasteiger partial charge in [-0.2, -0.15) is 4.31 Å². The van der Waals surface area contributed by atoms with Crippen LogP contribution in [0.4, 0.5) is 0 Å². The molecule has 0 aliphatic carbocycles. The number of hydrogen-bond donors (Lipinski definition) is 1. The highest BCUT2D eigenvalue weighted by atomic mass is 35.5. The molecule has 1 N–H and O–H groups in total. The molecule has 0 saturated carbocycles. The van der Waals surface area contributed by atoms with Crippen LogP contribution >= 0.6 is 11.6 Å². The molecule has 0 spiro atoms. The summed E-state index contributed by atoms with van der Waals surface area (Å²) in [6.45, 7) is 5.08. The van der Waals surface area contributed by atoms with Crippen LogP contribution in [0, 0.1) is 6.92 Å². The first kappa shape index (κ1) is 22.9. The number of halogens is 1. The molecule has 0 bridgehead atoms.